The molecule has 1 N–H and O–H groups in total. The van der Waals surface area contributed by atoms with Gasteiger partial charge in [-0.15, -0.1) is 10.2 Å². The lowest BCUT2D eigenvalue weighted by atomic mass is 10.1. The first kappa shape index (κ1) is 24.1. The molecule has 0 atom stereocenters. The normalized spacial score (nSPS) is 13.4. The number of hydrogen-bond acceptors (Lipinski definition) is 7. The summed E-state index contributed by atoms with van der Waals surface area (Å²) in [5, 5.41) is 11.9. The van der Waals surface area contributed by atoms with Gasteiger partial charge in [-0.25, -0.2) is 4.79 Å². The van der Waals surface area contributed by atoms with Crippen LogP contribution in [0.4, 0.5) is 16.3 Å². The van der Waals surface area contributed by atoms with Gasteiger partial charge >= 0.3 is 6.03 Å². The number of nitrogens with zero attached hydrogens (tertiary/aromatic N) is 4. The minimum atomic E-state index is -0.0847. The number of hydrogen-bond donors (Lipinski definition) is 1. The maximum absolute atomic E-state index is 12.7. The Morgan fingerprint density at radius 2 is 1.46 bits per heavy atom. The van der Waals surface area contributed by atoms with E-state index in [1.165, 1.54) is 0 Å². The number of anilines is 2. The number of aryl methyl sites for hydroxylation is 2. The summed E-state index contributed by atoms with van der Waals surface area (Å²) in [4.78, 5) is 16.7. The van der Waals surface area contributed by atoms with Gasteiger partial charge in [0.1, 0.15) is 0 Å². The number of urea groups is 1. The van der Waals surface area contributed by atoms with Gasteiger partial charge in [-0.2, -0.15) is 0 Å². The molecule has 184 valence electrons. The summed E-state index contributed by atoms with van der Waals surface area (Å²) in [5.41, 5.74) is 4.58. The number of aromatic nitrogens is 2. The molecule has 1 fully saturated rings. The van der Waals surface area contributed by atoms with Crippen LogP contribution in [0.15, 0.2) is 42.5 Å². The van der Waals surface area contributed by atoms with Gasteiger partial charge in [0.2, 0.25) is 5.75 Å². The van der Waals surface area contributed by atoms with Crippen LogP contribution in [0.1, 0.15) is 11.1 Å². The summed E-state index contributed by atoms with van der Waals surface area (Å²) in [6, 6.07) is 13.5. The van der Waals surface area contributed by atoms with Crippen LogP contribution in [0.25, 0.3) is 11.3 Å². The average Bonchev–Trinajstić information content (AvgIpc) is 2.87. The zero-order chi connectivity index (χ0) is 24.9. The minimum Gasteiger partial charge on any atom is -0.493 e. The number of carbonyl (C=O) groups is 1. The Hall–Kier alpha value is -4.01. The number of carbonyl (C=O) groups excluding carboxylic acids is 1. The number of benzene rings is 2. The highest BCUT2D eigenvalue weighted by molar-refractivity contribution is 5.89. The smallest absolute Gasteiger partial charge is 0.321 e. The molecule has 9 nitrogen and oxygen atoms in total. The van der Waals surface area contributed by atoms with E-state index in [9.17, 15) is 4.79 Å². The predicted molar refractivity (Wildman–Crippen MR) is 136 cm³/mol. The Morgan fingerprint density at radius 3 is 1.97 bits per heavy atom. The molecule has 1 aliphatic heterocycles. The second kappa shape index (κ2) is 10.5. The molecule has 9 heteroatoms. The average molecular weight is 478 g/mol. The van der Waals surface area contributed by atoms with Crippen molar-refractivity contribution in [3.63, 3.8) is 0 Å². The number of ether oxygens (including phenoxy) is 3. The summed E-state index contributed by atoms with van der Waals surface area (Å²) >= 11 is 0. The van der Waals surface area contributed by atoms with Crippen LogP contribution in [0.5, 0.6) is 17.2 Å². The molecule has 0 radical (unpaired) electrons. The van der Waals surface area contributed by atoms with E-state index in [1.807, 2.05) is 55.1 Å². The molecule has 0 aliphatic carbocycles. The largest absolute Gasteiger partial charge is 0.493 e. The SMILES string of the molecule is COc1cc(-c2ccc(N3CCN(C(=O)Nc4cc(C)cc(C)c4)CC3)nn2)cc(OC)c1OC. The first-order valence-electron chi connectivity index (χ1n) is 11.4. The first-order chi connectivity index (χ1) is 16.9. The van der Waals surface area contributed by atoms with E-state index in [0.717, 1.165) is 28.2 Å². The number of nitrogens with one attached hydrogen (secondary N) is 1. The molecular weight excluding hydrogens is 446 g/mol. The highest BCUT2D eigenvalue weighted by Gasteiger charge is 2.23. The van der Waals surface area contributed by atoms with Crippen molar-refractivity contribution in [2.75, 3.05) is 57.7 Å². The Balaban J connectivity index is 1.40. The molecule has 1 saturated heterocycles. The fourth-order valence-corrected chi connectivity index (χ4v) is 4.26. The predicted octanol–water partition coefficient (Wildman–Crippen LogP) is 4.14. The third-order valence-corrected chi connectivity index (χ3v) is 5.97. The van der Waals surface area contributed by atoms with Crippen molar-refractivity contribution in [2.24, 2.45) is 0 Å². The molecule has 3 aromatic rings. The second-order valence-electron chi connectivity index (χ2n) is 8.47. The van der Waals surface area contributed by atoms with Crippen molar-refractivity contribution in [3.05, 3.63) is 53.6 Å². The van der Waals surface area contributed by atoms with Crippen LogP contribution >= 0.6 is 0 Å². The van der Waals surface area contributed by atoms with Crippen LogP contribution in [0, 0.1) is 13.8 Å². The lowest BCUT2D eigenvalue weighted by molar-refractivity contribution is 0.208. The third-order valence-electron chi connectivity index (χ3n) is 5.97. The van der Waals surface area contributed by atoms with E-state index < -0.39 is 0 Å². The maximum atomic E-state index is 12.7. The summed E-state index contributed by atoms with van der Waals surface area (Å²) in [5.74, 6) is 2.42. The van der Waals surface area contributed by atoms with Crippen molar-refractivity contribution < 1.29 is 19.0 Å². The van der Waals surface area contributed by atoms with Gasteiger partial charge < -0.3 is 29.3 Å². The van der Waals surface area contributed by atoms with Crippen LogP contribution < -0.4 is 24.4 Å². The van der Waals surface area contributed by atoms with Crippen molar-refractivity contribution in [3.8, 4) is 28.5 Å². The van der Waals surface area contributed by atoms with Gasteiger partial charge in [0.25, 0.3) is 0 Å². The van der Waals surface area contributed by atoms with Crippen molar-refractivity contribution in [1.29, 1.82) is 0 Å². The van der Waals surface area contributed by atoms with Crippen LogP contribution in [0.3, 0.4) is 0 Å². The zero-order valence-corrected chi connectivity index (χ0v) is 20.8. The Bertz CT molecular complexity index is 1150. The first-order valence-corrected chi connectivity index (χ1v) is 11.4. The van der Waals surface area contributed by atoms with E-state index >= 15 is 0 Å². The quantitative estimate of drug-likeness (QED) is 0.571. The van der Waals surface area contributed by atoms with Gasteiger partial charge in [-0.05, 0) is 61.4 Å². The number of rotatable bonds is 6. The molecule has 0 spiro atoms. The lowest BCUT2D eigenvalue weighted by Gasteiger charge is -2.35. The summed E-state index contributed by atoms with van der Waals surface area (Å²) in [7, 11) is 4.73. The van der Waals surface area contributed by atoms with Gasteiger partial charge in [0.05, 0.1) is 27.0 Å². The second-order valence-corrected chi connectivity index (χ2v) is 8.47. The third kappa shape index (κ3) is 5.40. The molecule has 0 saturated carbocycles. The highest BCUT2D eigenvalue weighted by Crippen LogP contribution is 2.40. The van der Waals surface area contributed by atoms with E-state index in [1.54, 1.807) is 21.3 Å². The summed E-state index contributed by atoms with van der Waals surface area (Å²) in [6.07, 6.45) is 0. The van der Waals surface area contributed by atoms with E-state index in [0.29, 0.717) is 49.1 Å². The van der Waals surface area contributed by atoms with Gasteiger partial charge in [-0.1, -0.05) is 6.07 Å². The molecule has 1 aromatic heterocycles. The molecular formula is C26H31N5O4. The van der Waals surface area contributed by atoms with Crippen molar-refractivity contribution >= 4 is 17.5 Å². The Labute approximate surface area is 205 Å². The molecule has 2 aromatic carbocycles. The van der Waals surface area contributed by atoms with Crippen LogP contribution in [-0.4, -0.2) is 68.6 Å². The number of amides is 2. The van der Waals surface area contributed by atoms with Crippen LogP contribution in [0.2, 0.25) is 0 Å². The number of methoxy groups -OCH3 is 3. The van der Waals surface area contributed by atoms with E-state index in [-0.39, 0.29) is 6.03 Å². The van der Waals surface area contributed by atoms with Crippen molar-refractivity contribution in [2.45, 2.75) is 13.8 Å². The van der Waals surface area contributed by atoms with E-state index in [4.69, 9.17) is 14.2 Å². The minimum absolute atomic E-state index is 0.0847. The Morgan fingerprint density at radius 1 is 0.829 bits per heavy atom. The van der Waals surface area contributed by atoms with E-state index in [2.05, 4.69) is 26.5 Å². The lowest BCUT2D eigenvalue weighted by Crippen LogP contribution is -2.50. The topological polar surface area (TPSA) is 89.1 Å². The molecule has 2 heterocycles. The summed E-state index contributed by atoms with van der Waals surface area (Å²) in [6.45, 7) is 6.61. The highest BCUT2D eigenvalue weighted by atomic mass is 16.5. The maximum Gasteiger partial charge on any atom is 0.321 e. The standard InChI is InChI=1S/C26H31N5O4/c1-17-12-18(2)14-20(13-17)27-26(32)31-10-8-30(9-11-31)24-7-6-21(28-29-24)19-15-22(33-3)25(35-5)23(16-19)34-4/h6-7,12-16H,8-11H2,1-5H3,(H,27,32). The van der Waals surface area contributed by atoms with Crippen LogP contribution in [-0.2, 0) is 0 Å². The fourth-order valence-electron chi connectivity index (χ4n) is 4.26. The molecule has 4 rings (SSSR count). The Kier molecular flexibility index (Phi) is 7.24. The fraction of sp³-hybridized carbons (Fsp3) is 0.346. The van der Waals surface area contributed by atoms with Crippen molar-refractivity contribution in [1.82, 2.24) is 15.1 Å². The van der Waals surface area contributed by atoms with Gasteiger partial charge in [0, 0.05) is 37.4 Å². The van der Waals surface area contributed by atoms with Gasteiger partial charge in [0.15, 0.2) is 17.3 Å². The molecule has 0 unspecified atom stereocenters. The molecule has 1 aliphatic rings. The summed E-state index contributed by atoms with van der Waals surface area (Å²) < 4.78 is 16.3. The molecule has 2 amide bonds. The molecule has 0 bridgehead atoms. The molecule has 35 heavy (non-hydrogen) atoms. The monoisotopic (exact) mass is 477 g/mol. The number of piperazine rings is 1. The van der Waals surface area contributed by atoms with Gasteiger partial charge in [-0.3, -0.25) is 0 Å². The zero-order valence-electron chi connectivity index (χ0n) is 20.8.